The Kier molecular flexibility index (Phi) is 4.59. The van der Waals surface area contributed by atoms with E-state index in [0.29, 0.717) is 13.1 Å². The monoisotopic (exact) mass is 288 g/mol. The molecular formula is C12H17ClN2O2S. The second-order valence-corrected chi connectivity index (χ2v) is 6.79. The minimum atomic E-state index is -3.49. The van der Waals surface area contributed by atoms with Crippen LogP contribution in [0.3, 0.4) is 0 Å². The van der Waals surface area contributed by atoms with E-state index in [-0.39, 0.29) is 9.92 Å². The molecule has 100 valence electrons. The van der Waals surface area contributed by atoms with Crippen LogP contribution < -0.4 is 0 Å². The van der Waals surface area contributed by atoms with Gasteiger partial charge in [-0.25, -0.2) is 8.42 Å². The van der Waals surface area contributed by atoms with Gasteiger partial charge >= 0.3 is 0 Å². The minimum Gasteiger partial charge on any atom is -0.263 e. The number of sulfonamides is 1. The van der Waals surface area contributed by atoms with Crippen LogP contribution in [0.25, 0.3) is 0 Å². The lowest BCUT2D eigenvalue weighted by Gasteiger charge is -2.24. The molecule has 0 bridgehead atoms. The predicted octanol–water partition coefficient (Wildman–Crippen LogP) is 2.69. The fourth-order valence-electron chi connectivity index (χ4n) is 2.15. The predicted molar refractivity (Wildman–Crippen MR) is 71.1 cm³/mol. The van der Waals surface area contributed by atoms with Gasteiger partial charge in [0, 0.05) is 25.5 Å². The quantitative estimate of drug-likeness (QED) is 0.841. The lowest BCUT2D eigenvalue weighted by Crippen LogP contribution is -2.34. The van der Waals surface area contributed by atoms with Crippen LogP contribution in [0.2, 0.25) is 5.02 Å². The standard InChI is InChI=1S/C12H17ClN2O2S/c13-11-6-7-14-10-12(11)18(16,17)15-8-4-2-1-3-5-9-15/h6-7,10H,1-5,8-9H2. The van der Waals surface area contributed by atoms with Crippen LogP contribution in [0, 0.1) is 0 Å². The maximum Gasteiger partial charge on any atom is 0.246 e. The minimum absolute atomic E-state index is 0.118. The van der Waals surface area contributed by atoms with Gasteiger partial charge in [0.2, 0.25) is 10.0 Å². The zero-order valence-corrected chi connectivity index (χ0v) is 11.8. The molecule has 0 spiro atoms. The van der Waals surface area contributed by atoms with E-state index in [1.807, 2.05) is 0 Å². The summed E-state index contributed by atoms with van der Waals surface area (Å²) in [5, 5.41) is 0.243. The fraction of sp³-hybridized carbons (Fsp3) is 0.583. The molecule has 4 nitrogen and oxygen atoms in total. The van der Waals surface area contributed by atoms with Crippen molar-refractivity contribution in [1.82, 2.24) is 9.29 Å². The Hall–Kier alpha value is -0.650. The second kappa shape index (κ2) is 5.99. The summed E-state index contributed by atoms with van der Waals surface area (Å²) in [5.41, 5.74) is 0. The van der Waals surface area contributed by atoms with E-state index in [2.05, 4.69) is 4.98 Å². The third-order valence-electron chi connectivity index (χ3n) is 3.17. The molecule has 0 aliphatic carbocycles. The van der Waals surface area contributed by atoms with E-state index < -0.39 is 10.0 Å². The molecule has 1 aliphatic heterocycles. The summed E-state index contributed by atoms with van der Waals surface area (Å²) in [6.45, 7) is 1.15. The number of rotatable bonds is 2. The van der Waals surface area contributed by atoms with Crippen molar-refractivity contribution in [3.05, 3.63) is 23.5 Å². The Morgan fingerprint density at radius 3 is 2.33 bits per heavy atom. The van der Waals surface area contributed by atoms with E-state index in [4.69, 9.17) is 11.6 Å². The van der Waals surface area contributed by atoms with Gasteiger partial charge in [0.25, 0.3) is 0 Å². The van der Waals surface area contributed by atoms with Crippen molar-refractivity contribution < 1.29 is 8.42 Å². The Bertz CT molecular complexity index is 497. The highest BCUT2D eigenvalue weighted by Gasteiger charge is 2.26. The smallest absolute Gasteiger partial charge is 0.246 e. The zero-order valence-electron chi connectivity index (χ0n) is 10.2. The lowest BCUT2D eigenvalue weighted by molar-refractivity contribution is 0.364. The first-order valence-electron chi connectivity index (χ1n) is 6.22. The summed E-state index contributed by atoms with van der Waals surface area (Å²) in [6, 6.07) is 1.51. The Labute approximate surface area is 113 Å². The van der Waals surface area contributed by atoms with E-state index >= 15 is 0 Å². The molecule has 1 saturated heterocycles. The van der Waals surface area contributed by atoms with Crippen LogP contribution in [0.4, 0.5) is 0 Å². The van der Waals surface area contributed by atoms with Gasteiger partial charge < -0.3 is 0 Å². The molecule has 0 radical (unpaired) electrons. The lowest BCUT2D eigenvalue weighted by atomic mass is 10.1. The molecule has 1 aromatic rings. The van der Waals surface area contributed by atoms with Gasteiger partial charge in [0.05, 0.1) is 5.02 Å². The summed E-state index contributed by atoms with van der Waals surface area (Å²) >= 11 is 5.96. The molecule has 0 saturated carbocycles. The van der Waals surface area contributed by atoms with Crippen molar-refractivity contribution in [3.63, 3.8) is 0 Å². The van der Waals surface area contributed by atoms with Crippen molar-refractivity contribution >= 4 is 21.6 Å². The van der Waals surface area contributed by atoms with Gasteiger partial charge in [-0.2, -0.15) is 4.31 Å². The highest BCUT2D eigenvalue weighted by molar-refractivity contribution is 7.89. The van der Waals surface area contributed by atoms with Crippen LogP contribution in [0.1, 0.15) is 32.1 Å². The van der Waals surface area contributed by atoms with E-state index in [1.165, 1.54) is 29.2 Å². The van der Waals surface area contributed by atoms with Crippen molar-refractivity contribution in [1.29, 1.82) is 0 Å². The highest BCUT2D eigenvalue weighted by Crippen LogP contribution is 2.25. The molecule has 0 unspecified atom stereocenters. The number of aromatic nitrogens is 1. The average Bonchev–Trinajstić information content (AvgIpc) is 2.28. The summed E-state index contributed by atoms with van der Waals surface area (Å²) in [6.07, 6.45) is 8.03. The largest absolute Gasteiger partial charge is 0.263 e. The highest BCUT2D eigenvalue weighted by atomic mass is 35.5. The third kappa shape index (κ3) is 3.02. The van der Waals surface area contributed by atoms with Gasteiger partial charge in [-0.3, -0.25) is 4.98 Å². The number of pyridine rings is 1. The average molecular weight is 289 g/mol. The maximum atomic E-state index is 12.5. The zero-order chi connectivity index (χ0) is 13.0. The number of nitrogens with zero attached hydrogens (tertiary/aromatic N) is 2. The Balaban J connectivity index is 2.26. The Morgan fingerprint density at radius 2 is 1.72 bits per heavy atom. The van der Waals surface area contributed by atoms with Gasteiger partial charge in [0.15, 0.2) is 0 Å². The van der Waals surface area contributed by atoms with Crippen molar-refractivity contribution in [3.8, 4) is 0 Å². The molecule has 0 aromatic carbocycles. The number of hydrogen-bond donors (Lipinski definition) is 0. The van der Waals surface area contributed by atoms with Gasteiger partial charge in [-0.1, -0.05) is 30.9 Å². The first-order chi connectivity index (χ1) is 8.62. The molecule has 0 N–H and O–H groups in total. The number of hydrogen-bond acceptors (Lipinski definition) is 3. The third-order valence-corrected chi connectivity index (χ3v) is 5.53. The molecule has 1 aliphatic rings. The fourth-order valence-corrected chi connectivity index (χ4v) is 4.07. The summed E-state index contributed by atoms with van der Waals surface area (Å²) in [7, 11) is -3.49. The van der Waals surface area contributed by atoms with Crippen LogP contribution in [0.5, 0.6) is 0 Å². The molecule has 0 amide bonds. The van der Waals surface area contributed by atoms with Gasteiger partial charge in [-0.05, 0) is 18.9 Å². The number of halogens is 1. The first kappa shape index (κ1) is 13.8. The van der Waals surface area contributed by atoms with Crippen LogP contribution in [-0.4, -0.2) is 30.8 Å². The van der Waals surface area contributed by atoms with E-state index in [0.717, 1.165) is 25.7 Å². The van der Waals surface area contributed by atoms with Crippen LogP contribution in [0.15, 0.2) is 23.4 Å². The summed E-state index contributed by atoms with van der Waals surface area (Å²) in [5.74, 6) is 0. The maximum absolute atomic E-state index is 12.5. The van der Waals surface area contributed by atoms with E-state index in [9.17, 15) is 8.42 Å². The molecule has 6 heteroatoms. The topological polar surface area (TPSA) is 50.3 Å². The van der Waals surface area contributed by atoms with Crippen molar-refractivity contribution in [2.45, 2.75) is 37.0 Å². The second-order valence-electron chi connectivity index (χ2n) is 4.48. The molecule has 1 fully saturated rings. The Morgan fingerprint density at radius 1 is 1.11 bits per heavy atom. The van der Waals surface area contributed by atoms with Crippen LogP contribution in [-0.2, 0) is 10.0 Å². The van der Waals surface area contributed by atoms with Crippen LogP contribution >= 0.6 is 11.6 Å². The van der Waals surface area contributed by atoms with E-state index in [1.54, 1.807) is 0 Å². The molecule has 1 aromatic heterocycles. The normalized spacial score (nSPS) is 19.2. The summed E-state index contributed by atoms with van der Waals surface area (Å²) in [4.78, 5) is 3.98. The molecule has 18 heavy (non-hydrogen) atoms. The van der Waals surface area contributed by atoms with Crippen molar-refractivity contribution in [2.24, 2.45) is 0 Å². The molecule has 2 heterocycles. The molecule has 0 atom stereocenters. The van der Waals surface area contributed by atoms with Crippen molar-refractivity contribution in [2.75, 3.05) is 13.1 Å². The molecular weight excluding hydrogens is 272 g/mol. The summed E-state index contributed by atoms with van der Waals surface area (Å²) < 4.78 is 26.5. The SMILES string of the molecule is O=S(=O)(c1cnccc1Cl)N1CCCCCCC1. The van der Waals surface area contributed by atoms with Gasteiger partial charge in [-0.15, -0.1) is 0 Å². The van der Waals surface area contributed by atoms with Gasteiger partial charge in [0.1, 0.15) is 4.90 Å². The molecule has 2 rings (SSSR count). The first-order valence-corrected chi connectivity index (χ1v) is 8.04.